The summed E-state index contributed by atoms with van der Waals surface area (Å²) in [6.45, 7) is 3.13. The molecule has 7 N–H and O–H groups in total. The molecule has 1 aliphatic heterocycles. The Kier molecular flexibility index (Phi) is 31.0. The lowest BCUT2D eigenvalue weighted by molar-refractivity contribution is -0.298. The summed E-state index contributed by atoms with van der Waals surface area (Å²) >= 11 is 0. The SMILES string of the molecule is CCCCC/C=C\CCCCCCC(O)C(=O)NC(COC1OC(CO)C(O)C(OS(=O)(=O)O)C1O)C(O)/C=C/CC/C=C/CCCCCCCCCCCC. The topological polar surface area (TPSA) is 212 Å². The molecule has 328 valence electrons. The summed E-state index contributed by atoms with van der Waals surface area (Å²) < 4.78 is 47.3. The van der Waals surface area contributed by atoms with Gasteiger partial charge < -0.3 is 40.3 Å². The van der Waals surface area contributed by atoms with E-state index in [1.54, 1.807) is 6.08 Å². The fourth-order valence-corrected chi connectivity index (χ4v) is 7.04. The number of aliphatic hydroxyl groups is 5. The molecule has 0 bridgehead atoms. The average molecular weight is 820 g/mol. The van der Waals surface area contributed by atoms with Crippen molar-refractivity contribution in [1.82, 2.24) is 5.32 Å². The Morgan fingerprint density at radius 1 is 0.714 bits per heavy atom. The summed E-state index contributed by atoms with van der Waals surface area (Å²) in [5.74, 6) is -0.725. The number of carbonyl (C=O) groups excluding carboxylic acids is 1. The minimum atomic E-state index is -5.12. The highest BCUT2D eigenvalue weighted by Crippen LogP contribution is 2.26. The van der Waals surface area contributed by atoms with Gasteiger partial charge in [-0.25, -0.2) is 4.18 Å². The number of carbonyl (C=O) groups is 1. The Hall–Kier alpha value is -1.72. The molecule has 1 heterocycles. The molecule has 1 amide bonds. The van der Waals surface area contributed by atoms with Crippen LogP contribution in [0.15, 0.2) is 36.5 Å². The van der Waals surface area contributed by atoms with Gasteiger partial charge in [-0.15, -0.1) is 0 Å². The quantitative estimate of drug-likeness (QED) is 0.0207. The van der Waals surface area contributed by atoms with Gasteiger partial charge in [0.1, 0.15) is 30.5 Å². The Labute approximate surface area is 337 Å². The minimum absolute atomic E-state index is 0.221. The third-order valence-electron chi connectivity index (χ3n) is 10.0. The zero-order valence-electron chi connectivity index (χ0n) is 34.3. The van der Waals surface area contributed by atoms with Crippen molar-refractivity contribution in [2.24, 2.45) is 0 Å². The van der Waals surface area contributed by atoms with Crippen LogP contribution < -0.4 is 5.32 Å². The Bertz CT molecular complexity index is 1170. The number of amides is 1. The Balaban J connectivity index is 2.68. The van der Waals surface area contributed by atoms with Crippen molar-refractivity contribution >= 4 is 16.3 Å². The first-order valence-corrected chi connectivity index (χ1v) is 22.8. The Morgan fingerprint density at radius 2 is 1.20 bits per heavy atom. The molecule has 13 nitrogen and oxygen atoms in total. The maximum atomic E-state index is 13.0. The third-order valence-corrected chi connectivity index (χ3v) is 10.5. The van der Waals surface area contributed by atoms with Crippen LogP contribution in [-0.2, 0) is 28.9 Å². The van der Waals surface area contributed by atoms with E-state index in [0.29, 0.717) is 12.8 Å². The van der Waals surface area contributed by atoms with E-state index in [1.165, 1.54) is 83.1 Å². The van der Waals surface area contributed by atoms with E-state index in [-0.39, 0.29) is 6.42 Å². The van der Waals surface area contributed by atoms with Gasteiger partial charge in [-0.3, -0.25) is 9.35 Å². The first-order chi connectivity index (χ1) is 26.9. The smallest absolute Gasteiger partial charge is 0.394 e. The number of nitrogens with one attached hydrogen (secondary N) is 1. The number of aliphatic hydroxyl groups excluding tert-OH is 5. The molecule has 56 heavy (non-hydrogen) atoms. The number of ether oxygens (including phenoxy) is 2. The van der Waals surface area contributed by atoms with E-state index in [2.05, 4.69) is 47.7 Å². The van der Waals surface area contributed by atoms with Crippen LogP contribution in [0.4, 0.5) is 0 Å². The van der Waals surface area contributed by atoms with Crippen molar-refractivity contribution in [2.45, 2.75) is 210 Å². The van der Waals surface area contributed by atoms with Crippen LogP contribution in [0.2, 0.25) is 0 Å². The highest BCUT2D eigenvalue weighted by Gasteiger charge is 2.48. The summed E-state index contributed by atoms with van der Waals surface area (Å²) in [7, 11) is -5.12. The summed E-state index contributed by atoms with van der Waals surface area (Å²) in [4.78, 5) is 13.0. The molecule has 1 fully saturated rings. The van der Waals surface area contributed by atoms with Crippen LogP contribution in [0.3, 0.4) is 0 Å². The number of hydrogen-bond acceptors (Lipinski definition) is 11. The summed E-state index contributed by atoms with van der Waals surface area (Å²) in [5.41, 5.74) is 0. The van der Waals surface area contributed by atoms with Gasteiger partial charge in [-0.2, -0.15) is 8.42 Å². The van der Waals surface area contributed by atoms with Gasteiger partial charge in [0.15, 0.2) is 6.29 Å². The first-order valence-electron chi connectivity index (χ1n) is 21.5. The van der Waals surface area contributed by atoms with E-state index in [9.17, 15) is 38.7 Å². The molecule has 14 heteroatoms. The molecule has 8 atom stereocenters. The molecule has 0 aliphatic carbocycles. The Morgan fingerprint density at radius 3 is 1.75 bits per heavy atom. The largest absolute Gasteiger partial charge is 0.397 e. The normalized spacial score (nSPS) is 22.3. The molecule has 0 radical (unpaired) electrons. The molecule has 1 aliphatic rings. The summed E-state index contributed by atoms with van der Waals surface area (Å²) in [6, 6.07) is -1.14. The maximum absolute atomic E-state index is 13.0. The second-order valence-corrected chi connectivity index (χ2v) is 16.1. The van der Waals surface area contributed by atoms with Crippen molar-refractivity contribution < 1.29 is 57.0 Å². The molecule has 0 aromatic carbocycles. The van der Waals surface area contributed by atoms with E-state index >= 15 is 0 Å². The van der Waals surface area contributed by atoms with Crippen LogP contribution in [0.5, 0.6) is 0 Å². The fourth-order valence-electron chi connectivity index (χ4n) is 6.53. The van der Waals surface area contributed by atoms with Crippen LogP contribution in [-0.4, -0.2) is 107 Å². The van der Waals surface area contributed by atoms with Crippen molar-refractivity contribution in [2.75, 3.05) is 13.2 Å². The first kappa shape index (κ1) is 52.3. The van der Waals surface area contributed by atoms with Gasteiger partial charge in [-0.1, -0.05) is 140 Å². The van der Waals surface area contributed by atoms with Crippen molar-refractivity contribution in [1.29, 1.82) is 0 Å². The van der Waals surface area contributed by atoms with Crippen LogP contribution in [0, 0.1) is 0 Å². The molecule has 0 spiro atoms. The van der Waals surface area contributed by atoms with Crippen molar-refractivity contribution in [3.05, 3.63) is 36.5 Å². The number of hydrogen-bond donors (Lipinski definition) is 7. The van der Waals surface area contributed by atoms with Gasteiger partial charge in [0.05, 0.1) is 25.4 Å². The molecule has 1 saturated heterocycles. The van der Waals surface area contributed by atoms with Crippen molar-refractivity contribution in [3.8, 4) is 0 Å². The molecular formula is C42H77NO12S. The minimum Gasteiger partial charge on any atom is -0.394 e. The second kappa shape index (κ2) is 33.1. The van der Waals surface area contributed by atoms with Gasteiger partial charge in [0, 0.05) is 0 Å². The van der Waals surface area contributed by atoms with Crippen LogP contribution in [0.1, 0.15) is 162 Å². The monoisotopic (exact) mass is 820 g/mol. The predicted molar refractivity (Wildman–Crippen MR) is 219 cm³/mol. The van der Waals surface area contributed by atoms with Gasteiger partial charge in [0.2, 0.25) is 5.91 Å². The lowest BCUT2D eigenvalue weighted by Crippen LogP contribution is -2.61. The lowest BCUT2D eigenvalue weighted by Gasteiger charge is -2.41. The second-order valence-electron chi connectivity index (χ2n) is 15.1. The molecule has 0 aromatic rings. The standard InChI is InChI=1S/C42H77NO12S/c1-3-5-7-9-11-13-15-16-17-18-19-21-22-24-26-28-30-35(45)34(33-53-42-39(48)40(55-56(50,51)52)38(47)37(32-44)54-42)43-41(49)36(46)31-29-27-25-23-20-14-12-10-8-6-4-2/h12,14,21-22,28,30,34-40,42,44-48H,3-11,13,15-20,23-27,29,31-33H2,1-2H3,(H,43,49)(H,50,51,52)/b14-12-,22-21+,30-28+. The van der Waals surface area contributed by atoms with E-state index in [4.69, 9.17) is 14.0 Å². The molecule has 0 aromatic heterocycles. The summed E-state index contributed by atoms with van der Waals surface area (Å²) in [5, 5.41) is 55.0. The summed E-state index contributed by atoms with van der Waals surface area (Å²) in [6.07, 6.45) is 25.3. The van der Waals surface area contributed by atoms with Crippen LogP contribution >= 0.6 is 0 Å². The van der Waals surface area contributed by atoms with Gasteiger partial charge >= 0.3 is 10.4 Å². The third kappa shape index (κ3) is 25.6. The lowest BCUT2D eigenvalue weighted by atomic mass is 9.99. The van der Waals surface area contributed by atoms with Gasteiger partial charge in [-0.05, 0) is 57.8 Å². The van der Waals surface area contributed by atoms with Crippen molar-refractivity contribution in [3.63, 3.8) is 0 Å². The highest BCUT2D eigenvalue weighted by atomic mass is 32.3. The van der Waals surface area contributed by atoms with E-state index < -0.39 is 78.5 Å². The van der Waals surface area contributed by atoms with E-state index in [0.717, 1.165) is 51.4 Å². The number of unbranched alkanes of at least 4 members (excludes halogenated alkanes) is 18. The number of rotatable bonds is 35. The zero-order chi connectivity index (χ0) is 41.4. The predicted octanol–water partition coefficient (Wildman–Crippen LogP) is 6.52. The molecule has 1 rings (SSSR count). The molecule has 8 unspecified atom stereocenters. The van der Waals surface area contributed by atoms with Crippen LogP contribution in [0.25, 0.3) is 0 Å². The number of allylic oxidation sites excluding steroid dienone is 5. The maximum Gasteiger partial charge on any atom is 0.397 e. The van der Waals surface area contributed by atoms with E-state index in [1.807, 2.05) is 0 Å². The highest BCUT2D eigenvalue weighted by molar-refractivity contribution is 7.80. The molecular weight excluding hydrogens is 743 g/mol. The molecule has 0 saturated carbocycles. The fraction of sp³-hybridized carbons (Fsp3) is 0.833. The average Bonchev–Trinajstić information content (AvgIpc) is 3.16. The zero-order valence-corrected chi connectivity index (χ0v) is 35.1. The van der Waals surface area contributed by atoms with Gasteiger partial charge in [0.25, 0.3) is 0 Å².